The van der Waals surface area contributed by atoms with E-state index in [9.17, 15) is 0 Å². The van der Waals surface area contributed by atoms with Crippen LogP contribution in [0.4, 0.5) is 0 Å². The fraction of sp³-hybridized carbons (Fsp3) is 0. The Morgan fingerprint density at radius 2 is 1.02 bits per heavy atom. The lowest BCUT2D eigenvalue weighted by Gasteiger charge is -2.10. The van der Waals surface area contributed by atoms with Crippen molar-refractivity contribution in [1.82, 2.24) is 44.0 Å². The molecule has 0 amide bonds. The van der Waals surface area contributed by atoms with Gasteiger partial charge in [-0.3, -0.25) is 0 Å². The van der Waals surface area contributed by atoms with E-state index in [0.29, 0.717) is 40.2 Å². The molecule has 0 bridgehead atoms. The van der Waals surface area contributed by atoms with Crippen LogP contribution in [0.25, 0.3) is 89.5 Å². The molecule has 10 rings (SSSR count). The molecule has 0 aliphatic carbocycles. The van der Waals surface area contributed by atoms with Crippen molar-refractivity contribution < 1.29 is 8.83 Å². The summed E-state index contributed by atoms with van der Waals surface area (Å²) in [6, 6.07) is 25.5. The highest BCUT2D eigenvalue weighted by Gasteiger charge is 2.26. The summed E-state index contributed by atoms with van der Waals surface area (Å²) >= 11 is 0. The zero-order valence-corrected chi connectivity index (χ0v) is 22.7. The molecule has 3 aromatic carbocycles. The molecule has 11 heteroatoms. The number of hydrogen-bond donors (Lipinski definition) is 0. The van der Waals surface area contributed by atoms with Gasteiger partial charge in [0.05, 0.1) is 34.2 Å². The van der Waals surface area contributed by atoms with Crippen LogP contribution in [0.1, 0.15) is 0 Å². The Bertz CT molecular complexity index is 2570. The highest BCUT2D eigenvalue weighted by Crippen LogP contribution is 2.39. The van der Waals surface area contributed by atoms with Crippen molar-refractivity contribution in [3.63, 3.8) is 0 Å². The van der Waals surface area contributed by atoms with Gasteiger partial charge < -0.3 is 8.83 Å². The van der Waals surface area contributed by atoms with Gasteiger partial charge in [0.2, 0.25) is 23.3 Å². The number of furan rings is 2. The Morgan fingerprint density at radius 3 is 1.57 bits per heavy atom. The van der Waals surface area contributed by atoms with E-state index in [1.807, 2.05) is 88.0 Å². The largest absolute Gasteiger partial charge is 0.439 e. The molecule has 11 nitrogen and oxygen atoms in total. The third kappa shape index (κ3) is 3.06. The van der Waals surface area contributed by atoms with Crippen LogP contribution in [-0.4, -0.2) is 44.0 Å². The van der Waals surface area contributed by atoms with Gasteiger partial charge in [-0.1, -0.05) is 66.7 Å². The molecular formula is C33H17N9O2. The molecule has 0 N–H and O–H groups in total. The average Bonchev–Trinajstić information content (AvgIpc) is 3.81. The first kappa shape index (κ1) is 23.1. The number of para-hydroxylation sites is 2. The quantitative estimate of drug-likeness (QED) is 0.225. The second-order valence-corrected chi connectivity index (χ2v) is 10.4. The van der Waals surface area contributed by atoms with Crippen molar-refractivity contribution in [2.24, 2.45) is 0 Å². The maximum atomic E-state index is 6.43. The summed E-state index contributed by atoms with van der Waals surface area (Å²) in [5.41, 5.74) is 6.31. The fourth-order valence-electron chi connectivity index (χ4n) is 6.08. The second-order valence-electron chi connectivity index (χ2n) is 10.4. The molecule has 0 aliphatic rings. The minimum absolute atomic E-state index is 0.339. The van der Waals surface area contributed by atoms with E-state index in [-0.39, 0.29) is 0 Å². The summed E-state index contributed by atoms with van der Waals surface area (Å²) in [5, 5.41) is 3.61. The molecule has 0 atom stereocenters. The average molecular weight is 572 g/mol. The Labute approximate surface area is 246 Å². The maximum absolute atomic E-state index is 6.43. The first-order chi connectivity index (χ1) is 21.8. The zero-order chi connectivity index (χ0) is 28.8. The Morgan fingerprint density at radius 1 is 0.523 bits per heavy atom. The molecule has 0 spiro atoms. The van der Waals surface area contributed by atoms with Crippen LogP contribution >= 0.6 is 0 Å². The molecule has 0 aliphatic heterocycles. The van der Waals surface area contributed by atoms with Crippen LogP contribution in [-0.2, 0) is 0 Å². The Balaban J connectivity index is 1.35. The number of rotatable bonds is 3. The summed E-state index contributed by atoms with van der Waals surface area (Å²) in [6.45, 7) is 0. The van der Waals surface area contributed by atoms with Gasteiger partial charge in [-0.05, 0) is 12.1 Å². The lowest BCUT2D eigenvalue weighted by molar-refractivity contribution is 0.636. The summed E-state index contributed by atoms with van der Waals surface area (Å²) in [7, 11) is 0. The van der Waals surface area contributed by atoms with E-state index < -0.39 is 0 Å². The standard InChI is InChI=1S/C33H17N9O2/c1-2-8-18(9-3-1)29-38-32(41-21-14-34-16-36-27(21)25-19-10-4-6-12-23(19)43-30(25)41)40-33(39-29)42-22-15-35-17-37-28(22)26-20-11-5-7-13-24(20)44-31(26)42/h1-17H. The first-order valence-electron chi connectivity index (χ1n) is 13.9. The van der Waals surface area contributed by atoms with Crippen molar-refractivity contribution in [2.75, 3.05) is 0 Å². The number of benzene rings is 3. The van der Waals surface area contributed by atoms with Gasteiger partial charge in [-0.25, -0.2) is 29.1 Å². The van der Waals surface area contributed by atoms with E-state index in [1.165, 1.54) is 12.7 Å². The fourth-order valence-corrected chi connectivity index (χ4v) is 6.08. The van der Waals surface area contributed by atoms with E-state index in [2.05, 4.69) is 19.9 Å². The van der Waals surface area contributed by atoms with E-state index in [0.717, 1.165) is 49.3 Å². The summed E-state index contributed by atoms with van der Waals surface area (Å²) in [6.07, 6.45) is 6.56. The van der Waals surface area contributed by atoms with Crippen molar-refractivity contribution in [3.05, 3.63) is 104 Å². The van der Waals surface area contributed by atoms with Gasteiger partial charge in [0.15, 0.2) is 5.82 Å². The Kier molecular flexibility index (Phi) is 4.48. The second kappa shape index (κ2) is 8.52. The summed E-state index contributed by atoms with van der Waals surface area (Å²) < 4.78 is 16.6. The highest BCUT2D eigenvalue weighted by atomic mass is 16.3. The lowest BCUT2D eigenvalue weighted by Crippen LogP contribution is -2.10. The van der Waals surface area contributed by atoms with Gasteiger partial charge in [0.25, 0.3) is 0 Å². The van der Waals surface area contributed by atoms with Gasteiger partial charge in [0.1, 0.15) is 34.9 Å². The summed E-state index contributed by atoms with van der Waals surface area (Å²) in [5.74, 6) is 1.15. The molecular weight excluding hydrogens is 554 g/mol. The topological polar surface area (TPSA) is 126 Å². The van der Waals surface area contributed by atoms with Gasteiger partial charge in [-0.2, -0.15) is 15.0 Å². The van der Waals surface area contributed by atoms with Crippen LogP contribution in [0.5, 0.6) is 0 Å². The molecule has 7 heterocycles. The molecule has 10 aromatic rings. The van der Waals surface area contributed by atoms with Crippen molar-refractivity contribution in [3.8, 4) is 23.3 Å². The van der Waals surface area contributed by atoms with E-state index in [4.69, 9.17) is 23.8 Å². The zero-order valence-electron chi connectivity index (χ0n) is 22.7. The normalized spacial score (nSPS) is 12.1. The molecule has 206 valence electrons. The van der Waals surface area contributed by atoms with E-state index >= 15 is 0 Å². The predicted octanol–water partition coefficient (Wildman–Crippen LogP) is 6.81. The molecule has 44 heavy (non-hydrogen) atoms. The smallest absolute Gasteiger partial charge is 0.242 e. The highest BCUT2D eigenvalue weighted by molar-refractivity contribution is 6.19. The minimum Gasteiger partial charge on any atom is -0.439 e. The van der Waals surface area contributed by atoms with Crippen molar-refractivity contribution in [2.45, 2.75) is 0 Å². The first-order valence-corrected chi connectivity index (χ1v) is 13.9. The third-order valence-electron chi connectivity index (χ3n) is 7.95. The number of aromatic nitrogens is 9. The van der Waals surface area contributed by atoms with Crippen LogP contribution in [0.3, 0.4) is 0 Å². The molecule has 0 fully saturated rings. The van der Waals surface area contributed by atoms with E-state index in [1.54, 1.807) is 12.4 Å². The maximum Gasteiger partial charge on any atom is 0.242 e. The Hall–Kier alpha value is -6.49. The number of fused-ring (bicyclic) bond motifs is 10. The van der Waals surface area contributed by atoms with Crippen LogP contribution in [0.15, 0.2) is 113 Å². The van der Waals surface area contributed by atoms with Crippen LogP contribution in [0.2, 0.25) is 0 Å². The predicted molar refractivity (Wildman–Crippen MR) is 165 cm³/mol. The minimum atomic E-state index is 0.339. The van der Waals surface area contributed by atoms with Gasteiger partial charge in [0, 0.05) is 16.3 Å². The molecule has 0 radical (unpaired) electrons. The van der Waals surface area contributed by atoms with Crippen LogP contribution in [0, 0.1) is 0 Å². The molecule has 0 saturated carbocycles. The molecule has 7 aromatic heterocycles. The van der Waals surface area contributed by atoms with Gasteiger partial charge in [-0.15, -0.1) is 0 Å². The number of nitrogens with zero attached hydrogens (tertiary/aromatic N) is 9. The van der Waals surface area contributed by atoms with Gasteiger partial charge >= 0.3 is 0 Å². The lowest BCUT2D eigenvalue weighted by atomic mass is 10.2. The molecule has 0 unspecified atom stereocenters. The summed E-state index contributed by atoms with van der Waals surface area (Å²) in [4.78, 5) is 33.0. The monoisotopic (exact) mass is 571 g/mol. The third-order valence-corrected chi connectivity index (χ3v) is 7.95. The van der Waals surface area contributed by atoms with Crippen molar-refractivity contribution in [1.29, 1.82) is 0 Å². The number of hydrogen-bond acceptors (Lipinski definition) is 9. The SMILES string of the molecule is c1ccc(-c2nc(-n3c4cncnc4c4c5ccccc5oc43)nc(-n3c4cncnc4c4c5ccccc5oc43)n2)cc1. The van der Waals surface area contributed by atoms with Crippen LogP contribution < -0.4 is 0 Å². The van der Waals surface area contributed by atoms with Crippen molar-refractivity contribution >= 4 is 66.2 Å². The molecule has 0 saturated heterocycles.